The highest BCUT2D eigenvalue weighted by Gasteiger charge is 2.42. The van der Waals surface area contributed by atoms with Crippen molar-refractivity contribution in [2.45, 2.75) is 19.9 Å². The average molecular weight is 428 g/mol. The van der Waals surface area contributed by atoms with Crippen LogP contribution >= 0.6 is 15.9 Å². The van der Waals surface area contributed by atoms with E-state index < -0.39 is 6.04 Å². The highest BCUT2D eigenvalue weighted by atomic mass is 79.9. The average Bonchev–Trinajstić information content (AvgIpc) is 2.88. The molecule has 6 heteroatoms. The van der Waals surface area contributed by atoms with E-state index in [1.165, 1.54) is 4.90 Å². The molecule has 27 heavy (non-hydrogen) atoms. The summed E-state index contributed by atoms with van der Waals surface area (Å²) in [5.74, 6) is -0.302. The lowest BCUT2D eigenvalue weighted by atomic mass is 9.97. The summed E-state index contributed by atoms with van der Waals surface area (Å²) in [5, 5.41) is 9.96. The Kier molecular flexibility index (Phi) is 4.40. The maximum absolute atomic E-state index is 13.4. The molecule has 0 radical (unpaired) electrons. The van der Waals surface area contributed by atoms with Gasteiger partial charge >= 0.3 is 0 Å². The molecule has 5 nitrogen and oxygen atoms in total. The molecular weight excluding hydrogens is 410 g/mol. The van der Waals surface area contributed by atoms with Gasteiger partial charge in [0.2, 0.25) is 5.76 Å². The second-order valence-electron chi connectivity index (χ2n) is 6.81. The van der Waals surface area contributed by atoms with Crippen LogP contribution in [0.2, 0.25) is 0 Å². The normalized spacial score (nSPS) is 16.2. The number of carbonyl (C=O) groups excluding carboxylic acids is 1. The highest BCUT2D eigenvalue weighted by molar-refractivity contribution is 9.10. The fourth-order valence-corrected chi connectivity index (χ4v) is 4.11. The van der Waals surface area contributed by atoms with E-state index in [0.29, 0.717) is 16.5 Å². The lowest BCUT2D eigenvalue weighted by Crippen LogP contribution is -2.32. The van der Waals surface area contributed by atoms with Gasteiger partial charge in [-0.1, -0.05) is 34.1 Å². The predicted molar refractivity (Wildman–Crippen MR) is 106 cm³/mol. The molecule has 0 spiro atoms. The number of hydrogen-bond donors (Lipinski definition) is 1. The molecule has 1 amide bonds. The second kappa shape index (κ2) is 6.62. The van der Waals surface area contributed by atoms with Crippen LogP contribution in [-0.2, 0) is 0 Å². The van der Waals surface area contributed by atoms with Crippen LogP contribution in [0.15, 0.2) is 50.1 Å². The zero-order chi connectivity index (χ0) is 19.3. The molecular formula is C21H18BrNO4. The summed E-state index contributed by atoms with van der Waals surface area (Å²) in [7, 11) is 0. The smallest absolute Gasteiger partial charge is 0.290 e. The Morgan fingerprint density at radius 3 is 2.52 bits per heavy atom. The van der Waals surface area contributed by atoms with Crippen LogP contribution < -0.4 is 5.43 Å². The topological polar surface area (TPSA) is 70.8 Å². The Hall–Kier alpha value is -2.44. The number of β-amino-alcohol motifs (C(OH)–C–C–N with tert-alkyl or cyclic N) is 1. The molecule has 0 saturated heterocycles. The van der Waals surface area contributed by atoms with Gasteiger partial charge in [-0.05, 0) is 48.7 Å². The summed E-state index contributed by atoms with van der Waals surface area (Å²) in [6.07, 6.45) is 0. The molecule has 0 bridgehead atoms. The third kappa shape index (κ3) is 2.80. The lowest BCUT2D eigenvalue weighted by molar-refractivity contribution is 0.0691. The molecule has 0 aliphatic carbocycles. The van der Waals surface area contributed by atoms with Gasteiger partial charge < -0.3 is 14.4 Å². The number of hydrogen-bond acceptors (Lipinski definition) is 4. The molecule has 2 heterocycles. The molecule has 0 fully saturated rings. The molecule has 138 valence electrons. The Bertz CT molecular complexity index is 1120. The van der Waals surface area contributed by atoms with Crippen molar-refractivity contribution in [1.29, 1.82) is 0 Å². The Balaban J connectivity index is 2.04. The fraction of sp³-hybridized carbons (Fsp3) is 0.238. The summed E-state index contributed by atoms with van der Waals surface area (Å²) in [5.41, 5.74) is 3.16. The number of aryl methyl sites for hydroxylation is 2. The van der Waals surface area contributed by atoms with E-state index in [4.69, 9.17) is 4.42 Å². The van der Waals surface area contributed by atoms with Crippen molar-refractivity contribution in [2.24, 2.45) is 0 Å². The number of benzene rings is 2. The van der Waals surface area contributed by atoms with Gasteiger partial charge in [-0.25, -0.2) is 0 Å². The van der Waals surface area contributed by atoms with Crippen molar-refractivity contribution in [1.82, 2.24) is 4.90 Å². The number of aliphatic hydroxyl groups excluding tert-OH is 1. The third-order valence-electron chi connectivity index (χ3n) is 4.94. The summed E-state index contributed by atoms with van der Waals surface area (Å²) >= 11 is 3.41. The van der Waals surface area contributed by atoms with Crippen LogP contribution in [0.3, 0.4) is 0 Å². The van der Waals surface area contributed by atoms with Crippen molar-refractivity contribution in [2.75, 3.05) is 13.2 Å². The van der Waals surface area contributed by atoms with Gasteiger partial charge in [0.25, 0.3) is 5.91 Å². The van der Waals surface area contributed by atoms with Crippen molar-refractivity contribution >= 4 is 32.8 Å². The van der Waals surface area contributed by atoms with Gasteiger partial charge in [0.15, 0.2) is 5.43 Å². The Morgan fingerprint density at radius 2 is 1.85 bits per heavy atom. The first kappa shape index (κ1) is 17.9. The number of halogens is 1. The number of rotatable bonds is 3. The van der Waals surface area contributed by atoms with Crippen LogP contribution in [0.1, 0.15) is 38.9 Å². The van der Waals surface area contributed by atoms with Crippen molar-refractivity contribution < 1.29 is 14.3 Å². The molecule has 1 aromatic heterocycles. The summed E-state index contributed by atoms with van der Waals surface area (Å²) in [6.45, 7) is 3.72. The Morgan fingerprint density at radius 1 is 1.15 bits per heavy atom. The minimum absolute atomic E-state index is 0.0684. The largest absolute Gasteiger partial charge is 0.450 e. The van der Waals surface area contributed by atoms with Gasteiger partial charge in [-0.3, -0.25) is 9.59 Å². The van der Waals surface area contributed by atoms with Gasteiger partial charge in [-0.15, -0.1) is 0 Å². The first-order valence-electron chi connectivity index (χ1n) is 8.67. The molecule has 4 rings (SSSR count). The van der Waals surface area contributed by atoms with Crippen molar-refractivity contribution in [3.8, 4) is 0 Å². The molecule has 1 aliphatic rings. The summed E-state index contributed by atoms with van der Waals surface area (Å²) in [6, 6.07) is 10.6. The van der Waals surface area contributed by atoms with Crippen molar-refractivity contribution in [3.05, 3.63) is 79.1 Å². The SMILES string of the molecule is Cc1cc(C)c2c(=O)c3c(oc2c1)C(=O)N(CCO)C3c1ccc(Br)cc1. The number of nitrogens with zero attached hydrogens (tertiary/aromatic N) is 1. The van der Waals surface area contributed by atoms with Crippen molar-refractivity contribution in [3.63, 3.8) is 0 Å². The Labute approximate surface area is 164 Å². The van der Waals surface area contributed by atoms with Crippen LogP contribution in [0, 0.1) is 13.8 Å². The zero-order valence-corrected chi connectivity index (χ0v) is 16.5. The molecule has 2 aromatic carbocycles. The van der Waals surface area contributed by atoms with Gasteiger partial charge in [0.1, 0.15) is 5.58 Å². The maximum Gasteiger partial charge on any atom is 0.290 e. The number of fused-ring (bicyclic) bond motifs is 2. The standard InChI is InChI=1S/C21H18BrNO4/c1-11-9-12(2)16-15(10-11)27-20-17(19(16)25)18(23(7-8-24)21(20)26)13-3-5-14(22)6-4-13/h3-6,9-10,18,24H,7-8H2,1-2H3. The minimum Gasteiger partial charge on any atom is -0.450 e. The minimum atomic E-state index is -0.575. The molecule has 0 saturated carbocycles. The lowest BCUT2D eigenvalue weighted by Gasteiger charge is -2.24. The van der Waals surface area contributed by atoms with E-state index >= 15 is 0 Å². The molecule has 3 aromatic rings. The van der Waals surface area contributed by atoms with Crippen LogP contribution in [0.5, 0.6) is 0 Å². The number of aliphatic hydroxyl groups is 1. The first-order chi connectivity index (χ1) is 12.9. The zero-order valence-electron chi connectivity index (χ0n) is 15.0. The molecule has 1 atom stereocenters. The van der Waals surface area contributed by atoms with E-state index in [9.17, 15) is 14.7 Å². The number of carbonyl (C=O) groups is 1. The summed E-state index contributed by atoms with van der Waals surface area (Å²) < 4.78 is 6.83. The van der Waals surface area contributed by atoms with Crippen LogP contribution in [0.4, 0.5) is 0 Å². The fourth-order valence-electron chi connectivity index (χ4n) is 3.84. The first-order valence-corrected chi connectivity index (χ1v) is 9.47. The van der Waals surface area contributed by atoms with E-state index in [2.05, 4.69) is 15.9 Å². The monoisotopic (exact) mass is 427 g/mol. The van der Waals surface area contributed by atoms with Crippen LogP contribution in [0.25, 0.3) is 11.0 Å². The van der Waals surface area contributed by atoms with Gasteiger partial charge in [0.05, 0.1) is 23.6 Å². The second-order valence-corrected chi connectivity index (χ2v) is 7.72. The third-order valence-corrected chi connectivity index (χ3v) is 5.47. The van der Waals surface area contributed by atoms with E-state index in [1.54, 1.807) is 6.07 Å². The van der Waals surface area contributed by atoms with E-state index in [1.807, 2.05) is 44.2 Å². The molecule has 1 aliphatic heterocycles. The quantitative estimate of drug-likeness (QED) is 0.691. The van der Waals surface area contributed by atoms with Gasteiger partial charge in [0, 0.05) is 11.0 Å². The molecule has 1 unspecified atom stereocenters. The van der Waals surface area contributed by atoms with Crippen LogP contribution in [-0.4, -0.2) is 29.1 Å². The number of amides is 1. The highest BCUT2D eigenvalue weighted by Crippen LogP contribution is 2.38. The predicted octanol–water partition coefficient (Wildman–Crippen LogP) is 3.71. The maximum atomic E-state index is 13.4. The van der Waals surface area contributed by atoms with E-state index in [-0.39, 0.29) is 30.2 Å². The summed E-state index contributed by atoms with van der Waals surface area (Å²) in [4.78, 5) is 27.9. The van der Waals surface area contributed by atoms with Gasteiger partial charge in [-0.2, -0.15) is 0 Å². The molecule has 1 N–H and O–H groups in total. The van der Waals surface area contributed by atoms with E-state index in [0.717, 1.165) is 21.2 Å².